The molecular weight excluding hydrogens is 318 g/mol. The molecule has 1 N–H and O–H groups in total. The van der Waals surface area contributed by atoms with E-state index in [0.717, 1.165) is 11.1 Å². The van der Waals surface area contributed by atoms with Crippen LogP contribution < -0.4 is 5.56 Å². The van der Waals surface area contributed by atoms with Gasteiger partial charge in [-0.3, -0.25) is 9.59 Å². The first-order chi connectivity index (χ1) is 12.0. The van der Waals surface area contributed by atoms with Crippen molar-refractivity contribution in [3.05, 3.63) is 58.4 Å². The Morgan fingerprint density at radius 1 is 1.16 bits per heavy atom. The van der Waals surface area contributed by atoms with Crippen molar-refractivity contribution in [3.8, 4) is 11.1 Å². The molecule has 0 bridgehead atoms. The molecule has 1 aromatic heterocycles. The number of rotatable bonds is 4. The van der Waals surface area contributed by atoms with Crippen LogP contribution in [-0.2, 0) is 11.3 Å². The van der Waals surface area contributed by atoms with E-state index >= 15 is 0 Å². The quantitative estimate of drug-likeness (QED) is 0.792. The first-order valence-corrected chi connectivity index (χ1v) is 8.17. The molecule has 2 aromatic carbocycles. The van der Waals surface area contributed by atoms with Crippen molar-refractivity contribution in [2.75, 3.05) is 0 Å². The van der Waals surface area contributed by atoms with Crippen LogP contribution in [-0.4, -0.2) is 26.1 Å². The summed E-state index contributed by atoms with van der Waals surface area (Å²) in [5, 5.41) is 17.8. The zero-order valence-corrected chi connectivity index (χ0v) is 13.8. The highest BCUT2D eigenvalue weighted by atomic mass is 16.4. The molecule has 25 heavy (non-hydrogen) atoms. The van der Waals surface area contributed by atoms with Crippen LogP contribution in [0.4, 0.5) is 0 Å². The third-order valence-corrected chi connectivity index (χ3v) is 4.87. The van der Waals surface area contributed by atoms with E-state index in [1.807, 2.05) is 37.3 Å². The number of aryl methyl sites for hydroxylation is 1. The predicted molar refractivity (Wildman–Crippen MR) is 93.3 cm³/mol. The fourth-order valence-electron chi connectivity index (χ4n) is 2.98. The van der Waals surface area contributed by atoms with Crippen LogP contribution in [0.15, 0.2) is 47.3 Å². The van der Waals surface area contributed by atoms with Gasteiger partial charge in [0.05, 0.1) is 17.3 Å². The summed E-state index contributed by atoms with van der Waals surface area (Å²) < 4.78 is 1.18. The second-order valence-corrected chi connectivity index (χ2v) is 6.74. The second kappa shape index (κ2) is 5.51. The number of aliphatic carboxylic acids is 1. The number of hydrogen-bond donors (Lipinski definition) is 1. The van der Waals surface area contributed by atoms with Gasteiger partial charge < -0.3 is 5.11 Å². The normalized spacial score (nSPS) is 15.2. The number of carboxylic acid groups (broad SMARTS) is 1. The molecule has 0 atom stereocenters. The van der Waals surface area contributed by atoms with E-state index < -0.39 is 11.4 Å². The molecule has 4 rings (SSSR count). The molecule has 0 spiro atoms. The highest BCUT2D eigenvalue weighted by Crippen LogP contribution is 2.46. The van der Waals surface area contributed by atoms with Crippen LogP contribution in [0.3, 0.4) is 0 Å². The Kier molecular flexibility index (Phi) is 3.42. The lowest BCUT2D eigenvalue weighted by atomic mass is 10.0. The highest BCUT2D eigenvalue weighted by molar-refractivity contribution is 5.83. The van der Waals surface area contributed by atoms with Crippen LogP contribution in [0.1, 0.15) is 18.4 Å². The molecule has 3 aromatic rings. The van der Waals surface area contributed by atoms with E-state index in [1.165, 1.54) is 10.2 Å². The number of carboxylic acids is 1. The molecule has 1 saturated carbocycles. The van der Waals surface area contributed by atoms with E-state index in [0.29, 0.717) is 23.7 Å². The standard InChI is InChI=1S/C19H17N3O3/c1-12-2-4-13(5-3-12)14-6-7-16-15(10-14)17(23)22(21-20-16)11-19(8-9-19)18(24)25/h2-7,10H,8-9,11H2,1H3,(H,24,25). The van der Waals surface area contributed by atoms with Crippen molar-refractivity contribution >= 4 is 16.9 Å². The summed E-state index contributed by atoms with van der Waals surface area (Å²) in [4.78, 5) is 24.1. The minimum absolute atomic E-state index is 0.0683. The van der Waals surface area contributed by atoms with Gasteiger partial charge in [-0.05, 0) is 43.0 Å². The van der Waals surface area contributed by atoms with Crippen LogP contribution >= 0.6 is 0 Å². The number of benzene rings is 2. The third kappa shape index (κ3) is 2.69. The van der Waals surface area contributed by atoms with Gasteiger partial charge in [0.25, 0.3) is 5.56 Å². The Balaban J connectivity index is 1.78. The lowest BCUT2D eigenvalue weighted by molar-refractivity contribution is -0.144. The number of aromatic nitrogens is 3. The van der Waals surface area contributed by atoms with Crippen molar-refractivity contribution in [1.29, 1.82) is 0 Å². The maximum Gasteiger partial charge on any atom is 0.311 e. The first kappa shape index (κ1) is 15.5. The van der Waals surface area contributed by atoms with Gasteiger partial charge in [0.2, 0.25) is 0 Å². The summed E-state index contributed by atoms with van der Waals surface area (Å²) >= 11 is 0. The zero-order chi connectivity index (χ0) is 17.6. The average Bonchev–Trinajstić information content (AvgIpc) is 3.39. The highest BCUT2D eigenvalue weighted by Gasteiger charge is 2.51. The zero-order valence-electron chi connectivity index (χ0n) is 13.8. The van der Waals surface area contributed by atoms with Gasteiger partial charge >= 0.3 is 5.97 Å². The lowest BCUT2D eigenvalue weighted by Gasteiger charge is -2.11. The topological polar surface area (TPSA) is 85.1 Å². The number of fused-ring (bicyclic) bond motifs is 1. The monoisotopic (exact) mass is 335 g/mol. The Labute approximate surface area is 143 Å². The number of carbonyl (C=O) groups is 1. The van der Waals surface area contributed by atoms with E-state index in [2.05, 4.69) is 10.3 Å². The fourth-order valence-corrected chi connectivity index (χ4v) is 2.98. The summed E-state index contributed by atoms with van der Waals surface area (Å²) in [6, 6.07) is 13.5. The molecule has 1 heterocycles. The van der Waals surface area contributed by atoms with Crippen LogP contribution in [0.2, 0.25) is 0 Å². The van der Waals surface area contributed by atoms with Gasteiger partial charge in [-0.25, -0.2) is 4.68 Å². The van der Waals surface area contributed by atoms with Gasteiger partial charge in [0.15, 0.2) is 0 Å². The van der Waals surface area contributed by atoms with Gasteiger partial charge in [-0.2, -0.15) is 0 Å². The second-order valence-electron chi connectivity index (χ2n) is 6.74. The maximum absolute atomic E-state index is 12.8. The third-order valence-electron chi connectivity index (χ3n) is 4.87. The predicted octanol–water partition coefficient (Wildman–Crippen LogP) is 2.63. The van der Waals surface area contributed by atoms with Crippen LogP contribution in [0.25, 0.3) is 22.0 Å². The number of hydrogen-bond acceptors (Lipinski definition) is 4. The van der Waals surface area contributed by atoms with Crippen LogP contribution in [0, 0.1) is 12.3 Å². The Bertz CT molecular complexity index is 1030. The molecule has 1 fully saturated rings. The van der Waals surface area contributed by atoms with E-state index in [-0.39, 0.29) is 12.1 Å². The van der Waals surface area contributed by atoms with Gasteiger partial charge in [0, 0.05) is 0 Å². The largest absolute Gasteiger partial charge is 0.481 e. The molecule has 1 aliphatic rings. The number of nitrogens with zero attached hydrogens (tertiary/aromatic N) is 3. The van der Waals surface area contributed by atoms with Crippen LogP contribution in [0.5, 0.6) is 0 Å². The molecule has 6 nitrogen and oxygen atoms in total. The van der Waals surface area contributed by atoms with Gasteiger partial charge in [-0.15, -0.1) is 5.10 Å². The Morgan fingerprint density at radius 3 is 2.48 bits per heavy atom. The molecule has 1 aliphatic carbocycles. The van der Waals surface area contributed by atoms with Crippen molar-refractivity contribution in [1.82, 2.24) is 15.0 Å². The van der Waals surface area contributed by atoms with E-state index in [9.17, 15) is 14.7 Å². The molecule has 6 heteroatoms. The van der Waals surface area contributed by atoms with E-state index in [4.69, 9.17) is 0 Å². The molecule has 0 aliphatic heterocycles. The first-order valence-electron chi connectivity index (χ1n) is 8.17. The van der Waals surface area contributed by atoms with Crippen molar-refractivity contribution < 1.29 is 9.90 Å². The summed E-state index contributed by atoms with van der Waals surface area (Å²) in [5.74, 6) is -0.880. The summed E-state index contributed by atoms with van der Waals surface area (Å²) in [5.41, 5.74) is 2.45. The molecular formula is C19H17N3O3. The van der Waals surface area contributed by atoms with Crippen molar-refractivity contribution in [2.45, 2.75) is 26.3 Å². The Hall–Kier alpha value is -3.02. The maximum atomic E-state index is 12.8. The molecule has 0 unspecified atom stereocenters. The smallest absolute Gasteiger partial charge is 0.311 e. The Morgan fingerprint density at radius 2 is 1.84 bits per heavy atom. The summed E-state index contributed by atoms with van der Waals surface area (Å²) in [7, 11) is 0. The van der Waals surface area contributed by atoms with Crippen molar-refractivity contribution in [2.24, 2.45) is 5.41 Å². The molecule has 0 saturated heterocycles. The molecule has 0 amide bonds. The van der Waals surface area contributed by atoms with Crippen molar-refractivity contribution in [3.63, 3.8) is 0 Å². The van der Waals surface area contributed by atoms with Gasteiger partial charge in [0.1, 0.15) is 5.52 Å². The summed E-state index contributed by atoms with van der Waals surface area (Å²) in [6.07, 6.45) is 1.13. The van der Waals surface area contributed by atoms with Gasteiger partial charge in [-0.1, -0.05) is 41.1 Å². The molecule has 126 valence electrons. The minimum Gasteiger partial charge on any atom is -0.481 e. The fraction of sp³-hybridized carbons (Fsp3) is 0.263. The average molecular weight is 335 g/mol. The minimum atomic E-state index is -0.880. The SMILES string of the molecule is Cc1ccc(-c2ccc3nnn(CC4(C(=O)O)CC4)c(=O)c3c2)cc1. The lowest BCUT2D eigenvalue weighted by Crippen LogP contribution is -2.31. The summed E-state index contributed by atoms with van der Waals surface area (Å²) in [6.45, 7) is 2.09. The van der Waals surface area contributed by atoms with E-state index in [1.54, 1.807) is 12.1 Å². The molecule has 0 radical (unpaired) electrons.